The number of rotatable bonds is 43. The van der Waals surface area contributed by atoms with Gasteiger partial charge in [-0.25, -0.2) is 0 Å². The molecule has 0 aromatic rings. The largest absolute Gasteiger partial charge is 0.481 e. The zero-order valence-electron chi connectivity index (χ0n) is 34.7. The van der Waals surface area contributed by atoms with Gasteiger partial charge in [-0.3, -0.25) is 9.59 Å². The van der Waals surface area contributed by atoms with E-state index in [0.29, 0.717) is 6.42 Å². The molecule has 4 heteroatoms. The first-order chi connectivity index (χ1) is 25.1. The van der Waals surface area contributed by atoms with Crippen molar-refractivity contribution in [3.63, 3.8) is 0 Å². The Kier molecular flexibility index (Phi) is 42.0. The van der Waals surface area contributed by atoms with Crippen molar-refractivity contribution in [3.05, 3.63) is 12.2 Å². The molecule has 0 spiro atoms. The van der Waals surface area contributed by atoms with Crippen molar-refractivity contribution in [1.82, 2.24) is 0 Å². The Morgan fingerprint density at radius 2 is 0.706 bits per heavy atom. The lowest BCUT2D eigenvalue weighted by Crippen LogP contribution is -2.18. The minimum atomic E-state index is -0.698. The van der Waals surface area contributed by atoms with E-state index in [0.717, 1.165) is 70.6 Å². The highest BCUT2D eigenvalue weighted by atomic mass is 16.5. The molecule has 1 N–H and O–H groups in total. The summed E-state index contributed by atoms with van der Waals surface area (Å²) in [6.07, 6.45) is 53.9. The molecule has 1 unspecified atom stereocenters. The van der Waals surface area contributed by atoms with Crippen LogP contribution in [0.4, 0.5) is 0 Å². The van der Waals surface area contributed by atoms with Crippen LogP contribution in [0.15, 0.2) is 12.2 Å². The van der Waals surface area contributed by atoms with Gasteiger partial charge in [-0.2, -0.15) is 0 Å². The van der Waals surface area contributed by atoms with Crippen LogP contribution in [0.5, 0.6) is 0 Å². The van der Waals surface area contributed by atoms with E-state index in [4.69, 9.17) is 9.84 Å². The summed E-state index contributed by atoms with van der Waals surface area (Å²) < 4.78 is 6.03. The molecule has 0 aromatic heterocycles. The van der Waals surface area contributed by atoms with E-state index in [1.165, 1.54) is 173 Å². The fourth-order valence-corrected chi connectivity index (χ4v) is 7.30. The Morgan fingerprint density at radius 3 is 1.08 bits per heavy atom. The lowest BCUT2D eigenvalue weighted by atomic mass is 10.0. The molecule has 0 saturated heterocycles. The molecule has 0 saturated carbocycles. The van der Waals surface area contributed by atoms with Crippen LogP contribution in [0.3, 0.4) is 0 Å². The maximum Gasteiger partial charge on any atom is 0.306 e. The second-order valence-corrected chi connectivity index (χ2v) is 15.9. The summed E-state index contributed by atoms with van der Waals surface area (Å²) in [5, 5.41) is 8.85. The minimum absolute atomic E-state index is 0.00171. The van der Waals surface area contributed by atoms with Gasteiger partial charge in [-0.05, 0) is 64.2 Å². The second kappa shape index (κ2) is 43.1. The Balaban J connectivity index is 3.96. The highest BCUT2D eigenvalue weighted by molar-refractivity contribution is 5.69. The molecule has 1 atom stereocenters. The number of carbonyl (C=O) groups is 2. The normalized spacial score (nSPS) is 12.2. The van der Waals surface area contributed by atoms with Crippen molar-refractivity contribution in [2.45, 2.75) is 277 Å². The minimum Gasteiger partial charge on any atom is -0.481 e. The third-order valence-corrected chi connectivity index (χ3v) is 10.7. The van der Waals surface area contributed by atoms with Crippen LogP contribution in [0.1, 0.15) is 271 Å². The SMILES string of the molecule is CCCCCCCCCC/C=C\CCCCCC(CCCCCCCC(=O)O)OC(=O)CCCCCCCCCCCCCCCCCCCC. The number of esters is 1. The third kappa shape index (κ3) is 43.0. The van der Waals surface area contributed by atoms with Crippen LogP contribution in [-0.4, -0.2) is 23.1 Å². The van der Waals surface area contributed by atoms with Gasteiger partial charge in [0.2, 0.25) is 0 Å². The zero-order valence-corrected chi connectivity index (χ0v) is 34.7. The second-order valence-electron chi connectivity index (χ2n) is 15.9. The van der Waals surface area contributed by atoms with E-state index < -0.39 is 5.97 Å². The fraction of sp³-hybridized carbons (Fsp3) is 0.915. The summed E-state index contributed by atoms with van der Waals surface area (Å²) >= 11 is 0. The molecule has 0 amide bonds. The average molecular weight is 719 g/mol. The number of ether oxygens (including phenoxy) is 1. The summed E-state index contributed by atoms with van der Waals surface area (Å²) in [5.41, 5.74) is 0. The molecular formula is C47H90O4. The summed E-state index contributed by atoms with van der Waals surface area (Å²) in [5.74, 6) is -0.697. The number of allylic oxidation sites excluding steroid dienone is 2. The quantitative estimate of drug-likeness (QED) is 0.0387. The Labute approximate surface area is 319 Å². The Morgan fingerprint density at radius 1 is 0.412 bits per heavy atom. The maximum absolute atomic E-state index is 12.7. The first kappa shape index (κ1) is 49.7. The zero-order chi connectivity index (χ0) is 37.1. The van der Waals surface area contributed by atoms with Crippen LogP contribution >= 0.6 is 0 Å². The lowest BCUT2D eigenvalue weighted by molar-refractivity contribution is -0.150. The van der Waals surface area contributed by atoms with Crippen molar-refractivity contribution in [2.24, 2.45) is 0 Å². The number of aliphatic carboxylic acids is 1. The predicted molar refractivity (Wildman–Crippen MR) is 223 cm³/mol. The Hall–Kier alpha value is -1.32. The third-order valence-electron chi connectivity index (χ3n) is 10.7. The van der Waals surface area contributed by atoms with Gasteiger partial charge in [0.25, 0.3) is 0 Å². The van der Waals surface area contributed by atoms with Crippen molar-refractivity contribution < 1.29 is 19.4 Å². The highest BCUT2D eigenvalue weighted by Gasteiger charge is 2.14. The number of hydrogen-bond donors (Lipinski definition) is 1. The van der Waals surface area contributed by atoms with E-state index in [1.807, 2.05) is 0 Å². The number of carbonyl (C=O) groups excluding carboxylic acids is 1. The average Bonchev–Trinajstić information content (AvgIpc) is 3.12. The Bertz CT molecular complexity index is 732. The fourth-order valence-electron chi connectivity index (χ4n) is 7.30. The van der Waals surface area contributed by atoms with E-state index >= 15 is 0 Å². The molecule has 51 heavy (non-hydrogen) atoms. The standard InChI is InChI=1S/C47H90O4/c1-3-5-7-9-11-13-15-17-19-20-21-23-25-27-29-31-36-40-44-47(50)51-45(42-38-34-32-35-39-43-46(48)49)41-37-33-30-28-26-24-22-18-16-14-12-10-8-6-4-2/h24,26,45H,3-23,25,27-44H2,1-2H3,(H,48,49)/b26-24-. The van der Waals surface area contributed by atoms with Crippen LogP contribution < -0.4 is 0 Å². The molecule has 0 aliphatic rings. The van der Waals surface area contributed by atoms with Gasteiger partial charge in [-0.15, -0.1) is 0 Å². The van der Waals surface area contributed by atoms with Gasteiger partial charge in [0.05, 0.1) is 0 Å². The van der Waals surface area contributed by atoms with Crippen molar-refractivity contribution >= 4 is 11.9 Å². The molecule has 0 fully saturated rings. The van der Waals surface area contributed by atoms with E-state index in [1.54, 1.807) is 0 Å². The number of unbranched alkanes of at least 4 members (excludes halogenated alkanes) is 32. The molecular weight excluding hydrogens is 629 g/mol. The summed E-state index contributed by atoms with van der Waals surface area (Å²) in [6, 6.07) is 0. The van der Waals surface area contributed by atoms with E-state index in [9.17, 15) is 9.59 Å². The van der Waals surface area contributed by atoms with Crippen LogP contribution in [0, 0.1) is 0 Å². The predicted octanol–water partition coefficient (Wildman–Crippen LogP) is 16.2. The summed E-state index contributed by atoms with van der Waals surface area (Å²) in [6.45, 7) is 4.57. The molecule has 0 heterocycles. The monoisotopic (exact) mass is 719 g/mol. The van der Waals surface area contributed by atoms with Crippen molar-refractivity contribution in [1.29, 1.82) is 0 Å². The maximum atomic E-state index is 12.7. The van der Waals surface area contributed by atoms with Gasteiger partial charge in [-0.1, -0.05) is 206 Å². The summed E-state index contributed by atoms with van der Waals surface area (Å²) in [7, 11) is 0. The number of carboxylic acid groups (broad SMARTS) is 1. The molecule has 0 aliphatic heterocycles. The highest BCUT2D eigenvalue weighted by Crippen LogP contribution is 2.19. The molecule has 0 rings (SSSR count). The van der Waals surface area contributed by atoms with Gasteiger partial charge in [0.15, 0.2) is 0 Å². The van der Waals surface area contributed by atoms with Gasteiger partial charge < -0.3 is 9.84 Å². The van der Waals surface area contributed by atoms with Crippen LogP contribution in [0.2, 0.25) is 0 Å². The molecule has 4 nitrogen and oxygen atoms in total. The van der Waals surface area contributed by atoms with Crippen molar-refractivity contribution in [3.8, 4) is 0 Å². The molecule has 0 bridgehead atoms. The first-order valence-electron chi connectivity index (χ1n) is 23.2. The first-order valence-corrected chi connectivity index (χ1v) is 23.2. The molecule has 0 aliphatic carbocycles. The van der Waals surface area contributed by atoms with E-state index in [2.05, 4.69) is 26.0 Å². The van der Waals surface area contributed by atoms with E-state index in [-0.39, 0.29) is 18.5 Å². The molecule has 302 valence electrons. The number of hydrogen-bond acceptors (Lipinski definition) is 3. The molecule has 0 radical (unpaired) electrons. The van der Waals surface area contributed by atoms with Gasteiger partial charge >= 0.3 is 11.9 Å². The smallest absolute Gasteiger partial charge is 0.306 e. The molecule has 0 aromatic carbocycles. The van der Waals surface area contributed by atoms with Crippen molar-refractivity contribution in [2.75, 3.05) is 0 Å². The summed E-state index contributed by atoms with van der Waals surface area (Å²) in [4.78, 5) is 23.5. The lowest BCUT2D eigenvalue weighted by Gasteiger charge is -2.18. The topological polar surface area (TPSA) is 63.6 Å². The van der Waals surface area contributed by atoms with Crippen LogP contribution in [0.25, 0.3) is 0 Å². The van der Waals surface area contributed by atoms with Gasteiger partial charge in [0, 0.05) is 12.8 Å². The van der Waals surface area contributed by atoms with Crippen LogP contribution in [-0.2, 0) is 14.3 Å². The van der Waals surface area contributed by atoms with Gasteiger partial charge in [0.1, 0.15) is 6.10 Å². The number of carboxylic acids is 1.